The summed E-state index contributed by atoms with van der Waals surface area (Å²) in [5.74, 6) is -9.69. The maximum Gasteiger partial charge on any atom is 0.338 e. The maximum atomic E-state index is 14.5. The molecule has 0 aromatic heterocycles. The molecule has 7 aromatic carbocycles. The van der Waals surface area contributed by atoms with Crippen LogP contribution in [-0.2, 0) is 75.9 Å². The fourth-order valence-corrected chi connectivity index (χ4v) is 10.8. The Morgan fingerprint density at radius 3 is 0.958 bits per heavy atom. The van der Waals surface area contributed by atoms with Gasteiger partial charge in [-0.2, -0.15) is 0 Å². The summed E-state index contributed by atoms with van der Waals surface area (Å²) in [5, 5.41) is 12.1. The summed E-state index contributed by atoms with van der Waals surface area (Å²) in [4.78, 5) is 125. The summed E-state index contributed by atoms with van der Waals surface area (Å²) < 4.78 is 86.8. The number of aliphatic hydroxyl groups excluding tert-OH is 1. The number of hydrogen-bond donors (Lipinski definition) is 1. The molecule has 10 rings (SSSR count). The highest BCUT2D eigenvalue weighted by atomic mass is 16.8. The molecule has 0 radical (unpaired) electrons. The second kappa shape index (κ2) is 32.6. The van der Waals surface area contributed by atoms with Crippen molar-refractivity contribution in [2.24, 2.45) is 5.92 Å². The SMILES string of the molecule is CC(=O)OC1C(OC2OC(COC(=O)c3ccccc3)C(OC(=O)c3ccccc3)C(OC(=O)c3ccccc3)C2OC(=O)c2ccccc2)[C@H](OC(C)=O)C(COC2OC(COC(=O)c3ccccc3)C(OC(=O)c3ccccc3)C(OC(=O)c3ccccc3)C2C)O[C@@H]1O. The minimum Gasteiger partial charge on any atom is -0.459 e. The first-order valence-corrected chi connectivity index (χ1v) is 30.5. The summed E-state index contributed by atoms with van der Waals surface area (Å²) in [7, 11) is 0. The van der Waals surface area contributed by atoms with Crippen molar-refractivity contribution in [2.45, 2.75) is 107 Å². The first kappa shape index (κ1) is 68.4. The lowest BCUT2D eigenvalue weighted by molar-refractivity contribution is -0.359. The topological polar surface area (TPSA) is 303 Å². The fraction of sp³-hybridized carbons (Fsp3) is 0.292. The molecule has 0 amide bonds. The molecular formula is C72H66O24. The summed E-state index contributed by atoms with van der Waals surface area (Å²) in [6, 6.07) is 54.2. The highest BCUT2D eigenvalue weighted by Gasteiger charge is 2.59. The smallest absolute Gasteiger partial charge is 0.338 e. The van der Waals surface area contributed by atoms with Gasteiger partial charge in [-0.3, -0.25) is 9.59 Å². The third-order valence-electron chi connectivity index (χ3n) is 15.5. The zero-order chi connectivity index (χ0) is 67.7. The number of rotatable bonds is 23. The van der Waals surface area contributed by atoms with E-state index in [-0.39, 0.29) is 38.9 Å². The predicted octanol–water partition coefficient (Wildman–Crippen LogP) is 7.90. The molecule has 24 heteroatoms. The molecule has 13 unspecified atom stereocenters. The van der Waals surface area contributed by atoms with Crippen molar-refractivity contribution in [2.75, 3.05) is 19.8 Å². The Balaban J connectivity index is 1.03. The average Bonchev–Trinajstić information content (AvgIpc) is 0.767. The normalized spacial score (nSPS) is 25.2. The van der Waals surface area contributed by atoms with E-state index in [0.29, 0.717) is 0 Å². The zero-order valence-corrected chi connectivity index (χ0v) is 51.8. The molecule has 15 atom stereocenters. The van der Waals surface area contributed by atoms with Gasteiger partial charge < -0.3 is 71.4 Å². The van der Waals surface area contributed by atoms with E-state index in [1.54, 1.807) is 122 Å². The molecule has 7 aromatic rings. The minimum absolute atomic E-state index is 0.00448. The van der Waals surface area contributed by atoms with E-state index in [2.05, 4.69) is 0 Å². The van der Waals surface area contributed by atoms with Crippen LogP contribution in [0.5, 0.6) is 0 Å². The fourth-order valence-electron chi connectivity index (χ4n) is 10.8. The maximum absolute atomic E-state index is 14.5. The van der Waals surface area contributed by atoms with Crippen LogP contribution in [0.15, 0.2) is 212 Å². The van der Waals surface area contributed by atoms with Crippen LogP contribution in [0.2, 0.25) is 0 Å². The Kier molecular flexibility index (Phi) is 23.2. The highest BCUT2D eigenvalue weighted by Crippen LogP contribution is 2.38. The molecule has 3 aliphatic heterocycles. The monoisotopic (exact) mass is 1310 g/mol. The van der Waals surface area contributed by atoms with Crippen molar-refractivity contribution in [3.8, 4) is 0 Å². The van der Waals surface area contributed by atoms with Gasteiger partial charge in [-0.15, -0.1) is 0 Å². The number of carbonyl (C=O) groups is 9. The Morgan fingerprint density at radius 1 is 0.312 bits per heavy atom. The van der Waals surface area contributed by atoms with E-state index in [9.17, 15) is 48.3 Å². The van der Waals surface area contributed by atoms with Crippen molar-refractivity contribution in [1.82, 2.24) is 0 Å². The molecule has 3 heterocycles. The van der Waals surface area contributed by atoms with Gasteiger partial charge in [-0.25, -0.2) is 33.6 Å². The van der Waals surface area contributed by atoms with Gasteiger partial charge >= 0.3 is 53.7 Å². The zero-order valence-electron chi connectivity index (χ0n) is 51.8. The van der Waals surface area contributed by atoms with Crippen LogP contribution in [-0.4, -0.2) is 165 Å². The van der Waals surface area contributed by atoms with E-state index in [4.69, 9.17) is 66.3 Å². The Bertz CT molecular complexity index is 3770. The molecule has 1 N–H and O–H groups in total. The number of esters is 9. The molecule has 24 nitrogen and oxygen atoms in total. The first-order chi connectivity index (χ1) is 46.5. The van der Waals surface area contributed by atoms with E-state index < -0.39 is 165 Å². The van der Waals surface area contributed by atoms with E-state index in [0.717, 1.165) is 13.8 Å². The molecular weight excluding hydrogens is 1250 g/mol. The molecule has 0 aliphatic carbocycles. The molecule has 3 aliphatic rings. The molecule has 498 valence electrons. The summed E-state index contributed by atoms with van der Waals surface area (Å²) in [6.07, 6.45) is -25.5. The standard InChI is InChI=1S/C72H66O24/c1-42-55(91-65(77)47-29-15-6-16-30-47)56(92-66(78)48-31-17-7-18-32-48)53(39-83-63(75)45-25-11-4-12-26-45)89-71(42)85-41-52-57(86-43(2)73)59(61(70(82)88-52)87-44(3)74)96-72-62(95-69(81)51-37-23-10-24-38-51)60(94-68(80)50-35-21-9-22-36-50)58(93-67(79)49-33-19-8-20-34-49)54(90-72)40-84-64(76)46-27-13-5-14-28-46/h4-38,42,52-62,70-72,82H,39-41H2,1-3H3/t42?,52?,53?,54?,55?,56?,57-,58?,59?,60?,61?,62?,70+,71?,72?/m1/s1. The van der Waals surface area contributed by atoms with Gasteiger partial charge in [-0.1, -0.05) is 134 Å². The third-order valence-corrected chi connectivity index (χ3v) is 15.5. The van der Waals surface area contributed by atoms with Gasteiger partial charge in [0.2, 0.25) is 0 Å². The number of hydrogen-bond acceptors (Lipinski definition) is 24. The lowest BCUT2D eigenvalue weighted by Crippen LogP contribution is -2.67. The lowest BCUT2D eigenvalue weighted by atomic mass is 9.91. The van der Waals surface area contributed by atoms with Crippen LogP contribution in [0.4, 0.5) is 0 Å². The first-order valence-electron chi connectivity index (χ1n) is 30.5. The molecule has 96 heavy (non-hydrogen) atoms. The number of benzene rings is 7. The molecule has 0 saturated carbocycles. The predicted molar refractivity (Wildman–Crippen MR) is 331 cm³/mol. The number of carbonyl (C=O) groups excluding carboxylic acids is 9. The second-order valence-corrected chi connectivity index (χ2v) is 22.2. The Labute approximate surface area is 550 Å². The van der Waals surface area contributed by atoms with Crippen molar-refractivity contribution in [1.29, 1.82) is 0 Å². The minimum atomic E-state index is -2.21. The second-order valence-electron chi connectivity index (χ2n) is 22.2. The molecule has 0 spiro atoms. The lowest BCUT2D eigenvalue weighted by Gasteiger charge is -2.48. The van der Waals surface area contributed by atoms with Crippen LogP contribution < -0.4 is 0 Å². The van der Waals surface area contributed by atoms with Gasteiger partial charge in [0, 0.05) is 19.8 Å². The van der Waals surface area contributed by atoms with Gasteiger partial charge in [0.25, 0.3) is 0 Å². The van der Waals surface area contributed by atoms with Gasteiger partial charge in [0.1, 0.15) is 43.7 Å². The van der Waals surface area contributed by atoms with E-state index in [1.165, 1.54) is 97.1 Å². The van der Waals surface area contributed by atoms with Crippen molar-refractivity contribution >= 4 is 53.7 Å². The van der Waals surface area contributed by atoms with Crippen LogP contribution in [0.1, 0.15) is 93.3 Å². The molecule has 0 bridgehead atoms. The molecule has 3 fully saturated rings. The van der Waals surface area contributed by atoms with Gasteiger partial charge in [-0.05, 0) is 84.9 Å². The Morgan fingerprint density at radius 2 is 0.594 bits per heavy atom. The van der Waals surface area contributed by atoms with Crippen molar-refractivity contribution < 1.29 is 115 Å². The van der Waals surface area contributed by atoms with Gasteiger partial charge in [0.05, 0.1) is 45.6 Å². The summed E-state index contributed by atoms with van der Waals surface area (Å²) in [5.41, 5.74) is 0.386. The summed E-state index contributed by atoms with van der Waals surface area (Å²) in [6.45, 7) is 1.37. The van der Waals surface area contributed by atoms with Crippen molar-refractivity contribution in [3.05, 3.63) is 251 Å². The van der Waals surface area contributed by atoms with E-state index >= 15 is 0 Å². The highest BCUT2D eigenvalue weighted by molar-refractivity contribution is 5.93. The quantitative estimate of drug-likeness (QED) is 0.0470. The average molecular weight is 1320 g/mol. The largest absolute Gasteiger partial charge is 0.459 e. The number of ether oxygens (including phenoxy) is 14. The third kappa shape index (κ3) is 17.5. The van der Waals surface area contributed by atoms with Crippen LogP contribution in [0.3, 0.4) is 0 Å². The van der Waals surface area contributed by atoms with Crippen LogP contribution in [0.25, 0.3) is 0 Å². The van der Waals surface area contributed by atoms with Gasteiger partial charge in [0.15, 0.2) is 55.5 Å². The van der Waals surface area contributed by atoms with E-state index in [1.807, 2.05) is 0 Å². The van der Waals surface area contributed by atoms with Crippen LogP contribution in [0, 0.1) is 5.92 Å². The number of aliphatic hydroxyl groups is 1. The van der Waals surface area contributed by atoms with Crippen molar-refractivity contribution in [3.63, 3.8) is 0 Å². The Hall–Kier alpha value is -10.5. The molecule has 3 saturated heterocycles. The summed E-state index contributed by atoms with van der Waals surface area (Å²) >= 11 is 0. The van der Waals surface area contributed by atoms with Crippen LogP contribution >= 0.6 is 0 Å².